The van der Waals surface area contributed by atoms with Gasteiger partial charge in [0, 0.05) is 24.4 Å². The van der Waals surface area contributed by atoms with Gasteiger partial charge in [-0.25, -0.2) is 4.98 Å². The van der Waals surface area contributed by atoms with Crippen LogP contribution in [0.4, 0.5) is 0 Å². The molecule has 0 aliphatic heterocycles. The molecule has 3 aromatic carbocycles. The monoisotopic (exact) mass is 495 g/mol. The van der Waals surface area contributed by atoms with Crippen LogP contribution in [-0.4, -0.2) is 29.2 Å². The highest BCUT2D eigenvalue weighted by atomic mass is 32.1. The van der Waals surface area contributed by atoms with Crippen molar-refractivity contribution in [1.82, 2.24) is 9.55 Å². The number of hydrogen-bond acceptors (Lipinski definition) is 5. The fourth-order valence-electron chi connectivity index (χ4n) is 4.33. The summed E-state index contributed by atoms with van der Waals surface area (Å²) in [7, 11) is 1.68. The number of methoxy groups -OCH3 is 1. The van der Waals surface area contributed by atoms with Gasteiger partial charge < -0.3 is 9.30 Å². The summed E-state index contributed by atoms with van der Waals surface area (Å²) in [4.78, 5) is 24.8. The number of amides is 1. The van der Waals surface area contributed by atoms with E-state index in [2.05, 4.69) is 33.8 Å². The number of thiazole rings is 1. The van der Waals surface area contributed by atoms with Crippen molar-refractivity contribution in [3.05, 3.63) is 94.6 Å². The van der Waals surface area contributed by atoms with E-state index in [1.807, 2.05) is 60.0 Å². The molecule has 35 heavy (non-hydrogen) atoms. The summed E-state index contributed by atoms with van der Waals surface area (Å²) in [6.45, 7) is 1.14. The number of thiophene rings is 1. The molecule has 6 aromatic rings. The number of rotatable bonds is 5. The van der Waals surface area contributed by atoms with Crippen LogP contribution in [-0.2, 0) is 11.3 Å². The number of aromatic nitrogens is 2. The van der Waals surface area contributed by atoms with Crippen LogP contribution in [0.25, 0.3) is 42.5 Å². The van der Waals surface area contributed by atoms with Crippen LogP contribution in [0.2, 0.25) is 0 Å². The van der Waals surface area contributed by atoms with Crippen molar-refractivity contribution >= 4 is 60.5 Å². The van der Waals surface area contributed by atoms with Crippen molar-refractivity contribution < 1.29 is 9.53 Å². The average Bonchev–Trinajstić information content (AvgIpc) is 3.55. The van der Waals surface area contributed by atoms with Gasteiger partial charge in [-0.15, -0.1) is 11.3 Å². The SMILES string of the molecule is COCCn1c(=NC(=O)c2cc(-c3cccs3)nc3ccccc23)sc2c3ccccc3ccc21. The highest BCUT2D eigenvalue weighted by Gasteiger charge is 2.16. The lowest BCUT2D eigenvalue weighted by Gasteiger charge is -2.07. The molecule has 3 aromatic heterocycles. The van der Waals surface area contributed by atoms with E-state index in [0.29, 0.717) is 23.5 Å². The zero-order chi connectivity index (χ0) is 23.8. The van der Waals surface area contributed by atoms with Gasteiger partial charge in [-0.05, 0) is 35.0 Å². The van der Waals surface area contributed by atoms with E-state index in [-0.39, 0.29) is 5.91 Å². The second kappa shape index (κ2) is 9.19. The maximum absolute atomic E-state index is 13.7. The lowest BCUT2D eigenvalue weighted by Crippen LogP contribution is -2.19. The van der Waals surface area contributed by atoms with Crippen molar-refractivity contribution in [3.63, 3.8) is 0 Å². The smallest absolute Gasteiger partial charge is 0.280 e. The van der Waals surface area contributed by atoms with E-state index in [1.165, 1.54) is 5.39 Å². The van der Waals surface area contributed by atoms with Crippen LogP contribution >= 0.6 is 22.7 Å². The Hall–Kier alpha value is -3.65. The molecule has 0 spiro atoms. The van der Waals surface area contributed by atoms with Gasteiger partial charge in [0.05, 0.1) is 38.5 Å². The van der Waals surface area contributed by atoms with Crippen molar-refractivity contribution in [2.75, 3.05) is 13.7 Å². The first-order valence-corrected chi connectivity index (χ1v) is 13.0. The quantitative estimate of drug-likeness (QED) is 0.274. The Bertz CT molecular complexity index is 1760. The molecule has 6 rings (SSSR count). The molecule has 0 bridgehead atoms. The summed E-state index contributed by atoms with van der Waals surface area (Å²) in [6, 6.07) is 26.1. The molecular formula is C28H21N3O2S2. The van der Waals surface area contributed by atoms with Crippen molar-refractivity contribution in [3.8, 4) is 10.6 Å². The zero-order valence-corrected chi connectivity index (χ0v) is 20.6. The van der Waals surface area contributed by atoms with Gasteiger partial charge in [0.1, 0.15) is 0 Å². The highest BCUT2D eigenvalue weighted by molar-refractivity contribution is 7.17. The second-order valence-corrected chi connectivity index (χ2v) is 10.1. The standard InChI is InChI=1S/C28H21N3O2S2/c1-33-15-14-31-24-13-12-18-7-2-3-8-19(18)26(24)35-28(31)30-27(32)21-17-23(25-11-6-16-34-25)29-22-10-5-4-9-20(21)22/h2-13,16-17H,14-15H2,1H3. The third-order valence-electron chi connectivity index (χ3n) is 6.01. The Morgan fingerprint density at radius 3 is 2.66 bits per heavy atom. The number of fused-ring (bicyclic) bond motifs is 4. The molecule has 0 saturated heterocycles. The number of para-hydroxylation sites is 1. The lowest BCUT2D eigenvalue weighted by molar-refractivity contribution is 0.0999. The molecule has 3 heterocycles. The molecule has 0 unspecified atom stereocenters. The number of carbonyl (C=O) groups is 1. The van der Waals surface area contributed by atoms with Gasteiger partial charge in [-0.1, -0.05) is 65.9 Å². The minimum Gasteiger partial charge on any atom is -0.383 e. The van der Waals surface area contributed by atoms with E-state index < -0.39 is 0 Å². The Kier molecular flexibility index (Phi) is 5.74. The predicted octanol–water partition coefficient (Wildman–Crippen LogP) is 6.52. The predicted molar refractivity (Wildman–Crippen MR) is 144 cm³/mol. The number of ether oxygens (including phenoxy) is 1. The molecule has 0 aliphatic rings. The normalized spacial score (nSPS) is 12.2. The van der Waals surface area contributed by atoms with Crippen LogP contribution in [0.1, 0.15) is 10.4 Å². The molecule has 0 radical (unpaired) electrons. The molecule has 7 heteroatoms. The van der Waals surface area contributed by atoms with Gasteiger partial charge in [-0.2, -0.15) is 4.99 Å². The van der Waals surface area contributed by atoms with E-state index in [9.17, 15) is 4.79 Å². The molecule has 1 amide bonds. The number of benzene rings is 3. The largest absolute Gasteiger partial charge is 0.383 e. The summed E-state index contributed by atoms with van der Waals surface area (Å²) in [5.41, 5.74) is 3.18. The maximum atomic E-state index is 13.7. The average molecular weight is 496 g/mol. The van der Waals surface area contributed by atoms with Crippen LogP contribution in [0, 0.1) is 0 Å². The van der Waals surface area contributed by atoms with E-state index in [4.69, 9.17) is 9.72 Å². The molecule has 0 aliphatic carbocycles. The Labute approximate surface area is 209 Å². The molecule has 0 fully saturated rings. The zero-order valence-electron chi connectivity index (χ0n) is 19.0. The molecule has 5 nitrogen and oxygen atoms in total. The first-order chi connectivity index (χ1) is 17.2. The number of pyridine rings is 1. The van der Waals surface area contributed by atoms with Gasteiger partial charge in [-0.3, -0.25) is 4.79 Å². The Morgan fingerprint density at radius 2 is 1.83 bits per heavy atom. The van der Waals surface area contributed by atoms with Crippen LogP contribution in [0.3, 0.4) is 0 Å². The third kappa shape index (κ3) is 3.97. The number of carbonyl (C=O) groups excluding carboxylic acids is 1. The Morgan fingerprint density at radius 1 is 1.00 bits per heavy atom. The number of nitrogens with zero attached hydrogens (tertiary/aromatic N) is 3. The van der Waals surface area contributed by atoms with Crippen molar-refractivity contribution in [1.29, 1.82) is 0 Å². The number of hydrogen-bond donors (Lipinski definition) is 0. The summed E-state index contributed by atoms with van der Waals surface area (Å²) < 4.78 is 8.56. The lowest BCUT2D eigenvalue weighted by atomic mass is 10.1. The second-order valence-electron chi connectivity index (χ2n) is 8.13. The third-order valence-corrected chi connectivity index (χ3v) is 8.03. The molecule has 0 N–H and O–H groups in total. The summed E-state index contributed by atoms with van der Waals surface area (Å²) in [5.74, 6) is -0.275. The first kappa shape index (κ1) is 21.9. The van der Waals surface area contributed by atoms with Crippen molar-refractivity contribution in [2.45, 2.75) is 6.54 Å². The van der Waals surface area contributed by atoms with Crippen molar-refractivity contribution in [2.24, 2.45) is 4.99 Å². The van der Waals surface area contributed by atoms with Crippen LogP contribution in [0.15, 0.2) is 89.2 Å². The highest BCUT2D eigenvalue weighted by Crippen LogP contribution is 2.30. The Balaban J connectivity index is 1.57. The van der Waals surface area contributed by atoms with Gasteiger partial charge in [0.2, 0.25) is 0 Å². The van der Waals surface area contributed by atoms with Gasteiger partial charge >= 0.3 is 0 Å². The van der Waals surface area contributed by atoms with E-state index >= 15 is 0 Å². The minimum absolute atomic E-state index is 0.275. The molecular weight excluding hydrogens is 474 g/mol. The van der Waals surface area contributed by atoms with Gasteiger partial charge in [0.15, 0.2) is 4.80 Å². The molecule has 172 valence electrons. The van der Waals surface area contributed by atoms with E-state index in [0.717, 1.165) is 37.1 Å². The summed E-state index contributed by atoms with van der Waals surface area (Å²) in [6.07, 6.45) is 0. The van der Waals surface area contributed by atoms with Gasteiger partial charge in [0.25, 0.3) is 5.91 Å². The van der Waals surface area contributed by atoms with Crippen LogP contribution in [0.5, 0.6) is 0 Å². The van der Waals surface area contributed by atoms with Crippen LogP contribution < -0.4 is 4.80 Å². The minimum atomic E-state index is -0.275. The molecule has 0 atom stereocenters. The summed E-state index contributed by atoms with van der Waals surface area (Å²) >= 11 is 3.14. The fraction of sp³-hybridized carbons (Fsp3) is 0.107. The topological polar surface area (TPSA) is 56.5 Å². The first-order valence-electron chi connectivity index (χ1n) is 11.3. The fourth-order valence-corrected chi connectivity index (χ4v) is 6.21. The molecule has 0 saturated carbocycles. The maximum Gasteiger partial charge on any atom is 0.280 e. The van der Waals surface area contributed by atoms with E-state index in [1.54, 1.807) is 29.8 Å². The summed E-state index contributed by atoms with van der Waals surface area (Å²) in [5, 5.41) is 5.14.